The van der Waals surface area contributed by atoms with Crippen molar-refractivity contribution in [2.45, 2.75) is 65.5 Å². The number of amides is 2. The predicted octanol–water partition coefficient (Wildman–Crippen LogP) is 6.06. The molecule has 0 spiro atoms. The first-order valence-electron chi connectivity index (χ1n) is 18.1. The third-order valence-electron chi connectivity index (χ3n) is 8.93. The van der Waals surface area contributed by atoms with Crippen molar-refractivity contribution in [2.24, 2.45) is 5.16 Å². The van der Waals surface area contributed by atoms with Crippen LogP contribution in [0.4, 0.5) is 11.6 Å². The van der Waals surface area contributed by atoms with Crippen LogP contribution >= 0.6 is 0 Å². The smallest absolute Gasteiger partial charge is 0.257 e. The van der Waals surface area contributed by atoms with Crippen molar-refractivity contribution in [3.63, 3.8) is 0 Å². The molecule has 0 bridgehead atoms. The van der Waals surface area contributed by atoms with Crippen LogP contribution in [-0.4, -0.2) is 84.4 Å². The zero-order valence-electron chi connectivity index (χ0n) is 31.9. The summed E-state index contributed by atoms with van der Waals surface area (Å²) in [5.74, 6) is 1.48. The van der Waals surface area contributed by atoms with Gasteiger partial charge in [-0.1, -0.05) is 29.4 Å². The number of rotatable bonds is 6. The van der Waals surface area contributed by atoms with Gasteiger partial charge in [0.05, 0.1) is 35.5 Å². The van der Waals surface area contributed by atoms with E-state index in [1.54, 1.807) is 7.11 Å². The number of ether oxygens (including phenoxy) is 1. The van der Waals surface area contributed by atoms with Crippen LogP contribution in [0.1, 0.15) is 79.3 Å². The van der Waals surface area contributed by atoms with Gasteiger partial charge in [0, 0.05) is 70.9 Å². The molecule has 2 aliphatic rings. The van der Waals surface area contributed by atoms with E-state index in [2.05, 4.69) is 67.1 Å². The van der Waals surface area contributed by atoms with E-state index < -0.39 is 0 Å². The molecule has 0 unspecified atom stereocenters. The Balaban J connectivity index is 0.000000169. The van der Waals surface area contributed by atoms with Gasteiger partial charge in [0.15, 0.2) is 11.6 Å². The summed E-state index contributed by atoms with van der Waals surface area (Å²) in [6.07, 6.45) is 2.83. The number of nitrogens with one attached hydrogen (secondary N) is 6. The molecule has 2 aliphatic heterocycles. The number of hydrogen-bond acceptors (Lipinski definition) is 11. The number of methoxy groups -OCH3 is 1. The van der Waals surface area contributed by atoms with Crippen LogP contribution in [0, 0.1) is 0 Å². The van der Waals surface area contributed by atoms with Gasteiger partial charge < -0.3 is 41.2 Å². The number of aromatic nitrogens is 6. The van der Waals surface area contributed by atoms with Gasteiger partial charge in [-0.15, -0.1) is 0 Å². The number of para-hydroxylation sites is 2. The minimum atomic E-state index is -0.251. The molecule has 2 aromatic carbocycles. The maximum Gasteiger partial charge on any atom is 0.257 e. The van der Waals surface area contributed by atoms with E-state index in [-0.39, 0.29) is 22.9 Å². The number of fused-ring (bicyclic) bond motifs is 4. The van der Waals surface area contributed by atoms with E-state index in [1.165, 1.54) is 6.21 Å². The van der Waals surface area contributed by atoms with Gasteiger partial charge >= 0.3 is 0 Å². The van der Waals surface area contributed by atoms with Gasteiger partial charge in [-0.2, -0.15) is 0 Å². The minimum absolute atomic E-state index is 0.0400. The largest absolute Gasteiger partial charge is 0.478 e. The summed E-state index contributed by atoms with van der Waals surface area (Å²) in [6.45, 7) is 13.5. The molecule has 0 saturated carbocycles. The predicted molar refractivity (Wildman–Crippen MR) is 213 cm³/mol. The van der Waals surface area contributed by atoms with Crippen molar-refractivity contribution in [2.75, 3.05) is 30.8 Å². The SMILES string of the molecule is CC(C)(C)Nc1nc2c(-c3cc4c([nH]3)CCNC4=O)cccc2nc1/C=N/O.COc1nc2cccc(-c3cc4c([nH]3)CCNC4=O)c2nc1NC(C)(C)C. The Bertz CT molecular complexity index is 2470. The zero-order valence-corrected chi connectivity index (χ0v) is 31.9. The number of aromatic amines is 2. The first kappa shape index (κ1) is 36.8. The summed E-state index contributed by atoms with van der Waals surface area (Å²) in [7, 11) is 1.59. The molecule has 55 heavy (non-hydrogen) atoms. The van der Waals surface area contributed by atoms with Crippen molar-refractivity contribution < 1.29 is 19.5 Å². The lowest BCUT2D eigenvalue weighted by Gasteiger charge is -2.22. The molecule has 0 atom stereocenters. The van der Waals surface area contributed by atoms with Crippen LogP contribution in [0.25, 0.3) is 44.6 Å². The summed E-state index contributed by atoms with van der Waals surface area (Å²) in [5, 5.41) is 24.5. The standard InChI is InChI=1S/C20H22N6O2.C20H23N5O2/c1-20(2,3)26-18-16(10-22-28)24-14-6-4-5-11(17(14)25-18)15-9-12-13(23-15)7-8-21-19(12)27;1-20(2,3)25-17-19(27-4)23-14-7-5-6-11(16(14)24-17)15-10-12-13(22-15)8-9-21-18(12)26/h4-6,9-10,23,28H,7-8H2,1-3H3,(H,21,27)(H,25,26);5-7,10,22H,8-9H2,1-4H3,(H,21,26)(H,24,25)/b22-10+;. The Labute approximate surface area is 317 Å². The third kappa shape index (κ3) is 7.77. The fourth-order valence-corrected chi connectivity index (χ4v) is 6.63. The lowest BCUT2D eigenvalue weighted by Crippen LogP contribution is -2.31. The van der Waals surface area contributed by atoms with Crippen molar-refractivity contribution >= 4 is 51.7 Å². The summed E-state index contributed by atoms with van der Waals surface area (Å²) in [6, 6.07) is 15.3. The van der Waals surface area contributed by atoms with E-state index >= 15 is 0 Å². The molecule has 284 valence electrons. The maximum absolute atomic E-state index is 12.1. The third-order valence-corrected chi connectivity index (χ3v) is 8.93. The molecule has 15 heteroatoms. The Hall–Kier alpha value is -6.51. The van der Waals surface area contributed by atoms with E-state index in [0.717, 1.165) is 57.8 Å². The van der Waals surface area contributed by atoms with E-state index in [4.69, 9.17) is 19.9 Å². The van der Waals surface area contributed by atoms with Crippen LogP contribution in [-0.2, 0) is 12.8 Å². The molecule has 8 rings (SSSR count). The van der Waals surface area contributed by atoms with Crippen LogP contribution in [0.3, 0.4) is 0 Å². The highest BCUT2D eigenvalue weighted by Crippen LogP contribution is 2.34. The molecule has 7 N–H and O–H groups in total. The number of benzene rings is 2. The van der Waals surface area contributed by atoms with Gasteiger partial charge in [-0.05, 0) is 65.8 Å². The molecule has 4 aromatic heterocycles. The fraction of sp³-hybridized carbons (Fsp3) is 0.325. The van der Waals surface area contributed by atoms with Crippen LogP contribution < -0.4 is 26.0 Å². The summed E-state index contributed by atoms with van der Waals surface area (Å²) in [4.78, 5) is 49.8. The summed E-state index contributed by atoms with van der Waals surface area (Å²) < 4.78 is 5.43. The number of carbonyl (C=O) groups excluding carboxylic acids is 2. The Morgan fingerprint density at radius 1 is 0.709 bits per heavy atom. The average molecular weight is 744 g/mol. The molecular formula is C40H45N11O4. The summed E-state index contributed by atoms with van der Waals surface area (Å²) >= 11 is 0. The van der Waals surface area contributed by atoms with Crippen molar-refractivity contribution in [3.05, 3.63) is 76.7 Å². The van der Waals surface area contributed by atoms with Crippen molar-refractivity contribution in [3.8, 4) is 28.4 Å². The topological polar surface area (TPSA) is 207 Å². The second kappa shape index (κ2) is 14.4. The number of hydrogen-bond donors (Lipinski definition) is 7. The molecule has 0 aliphatic carbocycles. The first-order chi connectivity index (χ1) is 26.2. The monoisotopic (exact) mass is 743 g/mol. The lowest BCUT2D eigenvalue weighted by atomic mass is 10.1. The average Bonchev–Trinajstić information content (AvgIpc) is 3.77. The normalized spacial score (nSPS) is 14.2. The molecule has 0 fully saturated rings. The fourth-order valence-electron chi connectivity index (χ4n) is 6.63. The van der Waals surface area contributed by atoms with E-state index in [9.17, 15) is 9.59 Å². The number of H-pyrrole nitrogens is 2. The van der Waals surface area contributed by atoms with Crippen LogP contribution in [0.5, 0.6) is 5.88 Å². The van der Waals surface area contributed by atoms with E-state index in [0.29, 0.717) is 58.5 Å². The molecule has 15 nitrogen and oxygen atoms in total. The molecule has 6 aromatic rings. The molecule has 0 radical (unpaired) electrons. The summed E-state index contributed by atoms with van der Waals surface area (Å²) in [5.41, 5.74) is 9.58. The van der Waals surface area contributed by atoms with Crippen molar-refractivity contribution in [1.82, 2.24) is 40.5 Å². The number of anilines is 2. The highest BCUT2D eigenvalue weighted by atomic mass is 16.5. The van der Waals surface area contributed by atoms with Crippen molar-refractivity contribution in [1.29, 1.82) is 0 Å². The van der Waals surface area contributed by atoms with Crippen LogP contribution in [0.15, 0.2) is 53.7 Å². The Morgan fingerprint density at radius 3 is 1.67 bits per heavy atom. The van der Waals surface area contributed by atoms with Gasteiger partial charge in [0.2, 0.25) is 0 Å². The second-order valence-electron chi connectivity index (χ2n) is 15.5. The Kier molecular flexibility index (Phi) is 9.63. The second-order valence-corrected chi connectivity index (χ2v) is 15.5. The van der Waals surface area contributed by atoms with E-state index in [1.807, 2.05) is 69.3 Å². The van der Waals surface area contributed by atoms with Gasteiger partial charge in [-0.3, -0.25) is 9.59 Å². The number of oxime groups is 1. The highest BCUT2D eigenvalue weighted by molar-refractivity contribution is 6.01. The number of nitrogens with zero attached hydrogens (tertiary/aromatic N) is 5. The Morgan fingerprint density at radius 2 is 1.20 bits per heavy atom. The quantitative estimate of drug-likeness (QED) is 0.0596. The zero-order chi connectivity index (χ0) is 39.1. The molecule has 2 amide bonds. The van der Waals surface area contributed by atoms with Gasteiger partial charge in [0.1, 0.15) is 16.7 Å². The molecule has 0 saturated heterocycles. The minimum Gasteiger partial charge on any atom is -0.478 e. The molecular weight excluding hydrogens is 699 g/mol. The van der Waals surface area contributed by atoms with Crippen LogP contribution in [0.2, 0.25) is 0 Å². The lowest BCUT2D eigenvalue weighted by molar-refractivity contribution is 0.0937. The maximum atomic E-state index is 12.1. The first-order valence-corrected chi connectivity index (χ1v) is 18.1. The molecule has 6 heterocycles. The van der Waals surface area contributed by atoms with Gasteiger partial charge in [-0.25, -0.2) is 19.9 Å². The highest BCUT2D eigenvalue weighted by Gasteiger charge is 2.24. The van der Waals surface area contributed by atoms with Gasteiger partial charge in [0.25, 0.3) is 17.7 Å². The number of carbonyl (C=O) groups is 2.